The summed E-state index contributed by atoms with van der Waals surface area (Å²) in [6.45, 7) is 4.46. The minimum absolute atomic E-state index is 0.174. The number of hydrogen-bond donors (Lipinski definition) is 0. The van der Waals surface area contributed by atoms with Crippen molar-refractivity contribution in [3.63, 3.8) is 0 Å². The van der Waals surface area contributed by atoms with E-state index in [4.69, 9.17) is 4.89 Å². The van der Waals surface area contributed by atoms with Crippen molar-refractivity contribution in [2.75, 3.05) is 6.61 Å². The lowest BCUT2D eigenvalue weighted by Crippen LogP contribution is -2.05. The molecule has 0 fully saturated rings. The molecule has 3 nitrogen and oxygen atoms in total. The van der Waals surface area contributed by atoms with Crippen LogP contribution in [0.5, 0.6) is 0 Å². The molecule has 104 valence electrons. The Bertz CT molecular complexity index is 250. The molecule has 3 heteroatoms. The Morgan fingerprint density at radius 1 is 0.944 bits per heavy atom. The van der Waals surface area contributed by atoms with Gasteiger partial charge in [-0.2, -0.15) is 4.89 Å². The first-order chi connectivity index (χ1) is 8.81. The summed E-state index contributed by atoms with van der Waals surface area (Å²) in [6, 6.07) is 0. The van der Waals surface area contributed by atoms with Gasteiger partial charge in [0.1, 0.15) is 0 Å². The van der Waals surface area contributed by atoms with Crippen LogP contribution in [0.4, 0.5) is 0 Å². The van der Waals surface area contributed by atoms with Crippen molar-refractivity contribution in [2.45, 2.75) is 71.6 Å². The molecule has 0 aliphatic heterocycles. The summed E-state index contributed by atoms with van der Waals surface area (Å²) >= 11 is 0. The first kappa shape index (κ1) is 17.0. The van der Waals surface area contributed by atoms with Gasteiger partial charge >= 0.3 is 5.97 Å². The average Bonchev–Trinajstić information content (AvgIpc) is 2.37. The zero-order valence-corrected chi connectivity index (χ0v) is 11.8. The smallest absolute Gasteiger partial charge is 0.297 e. The van der Waals surface area contributed by atoms with Crippen LogP contribution in [0, 0.1) is 11.8 Å². The van der Waals surface area contributed by atoms with E-state index in [0.717, 1.165) is 32.1 Å². The molecular formula is C15H26O3. The monoisotopic (exact) mass is 254 g/mol. The maximum absolute atomic E-state index is 11.1. The van der Waals surface area contributed by atoms with E-state index in [1.807, 2.05) is 0 Å². The van der Waals surface area contributed by atoms with Crippen LogP contribution in [0.3, 0.4) is 0 Å². The molecule has 0 aromatic heterocycles. The molecular weight excluding hydrogens is 228 g/mol. The van der Waals surface area contributed by atoms with E-state index < -0.39 is 0 Å². The zero-order chi connectivity index (χ0) is 13.5. The first-order valence-electron chi connectivity index (χ1n) is 7.09. The Balaban J connectivity index is 3.28. The molecule has 0 heterocycles. The molecule has 0 atom stereocenters. The predicted octanol–water partition coefficient (Wildman–Crippen LogP) is 4.02. The number of unbranched alkanes of at least 4 members (excludes halogenated alkanes) is 6. The van der Waals surface area contributed by atoms with Crippen molar-refractivity contribution in [3.05, 3.63) is 0 Å². The standard InChI is InChI=1S/C15H26O3/c1-3-5-7-8-9-10-12-14-17-18-15(16)13-11-6-4-2/h3-9,11,13-14H2,1-2H3. The Labute approximate surface area is 111 Å². The lowest BCUT2D eigenvalue weighted by molar-refractivity contribution is -0.264. The summed E-state index contributed by atoms with van der Waals surface area (Å²) in [5.41, 5.74) is 0. The first-order valence-corrected chi connectivity index (χ1v) is 7.09. The molecule has 0 saturated heterocycles. The van der Waals surface area contributed by atoms with Crippen LogP contribution in [-0.2, 0) is 14.6 Å². The van der Waals surface area contributed by atoms with Crippen LogP contribution in [0.15, 0.2) is 0 Å². The van der Waals surface area contributed by atoms with E-state index in [1.54, 1.807) is 0 Å². The SMILES string of the molecule is CCCCCCC#CCOOC(=O)CCCCC. The number of carbonyl (C=O) groups is 1. The summed E-state index contributed by atoms with van der Waals surface area (Å²) in [5.74, 6) is 5.54. The zero-order valence-electron chi connectivity index (χ0n) is 11.8. The maximum atomic E-state index is 11.1. The fourth-order valence-corrected chi connectivity index (χ4v) is 1.47. The van der Waals surface area contributed by atoms with Gasteiger partial charge in [-0.1, -0.05) is 51.9 Å². The van der Waals surface area contributed by atoms with Gasteiger partial charge in [-0.05, 0) is 12.8 Å². The van der Waals surface area contributed by atoms with Gasteiger partial charge in [0, 0.05) is 12.8 Å². The third kappa shape index (κ3) is 13.1. The van der Waals surface area contributed by atoms with Gasteiger partial charge in [0.15, 0.2) is 6.61 Å². The molecule has 0 rings (SSSR count). The second kappa shape index (κ2) is 14.1. The lowest BCUT2D eigenvalue weighted by atomic mass is 10.2. The van der Waals surface area contributed by atoms with Crippen molar-refractivity contribution >= 4 is 5.97 Å². The molecule has 18 heavy (non-hydrogen) atoms. The minimum Gasteiger partial charge on any atom is -0.297 e. The second-order valence-electron chi connectivity index (χ2n) is 4.34. The van der Waals surface area contributed by atoms with Crippen LogP contribution in [0.2, 0.25) is 0 Å². The average molecular weight is 254 g/mol. The number of rotatable bonds is 10. The van der Waals surface area contributed by atoms with E-state index >= 15 is 0 Å². The predicted molar refractivity (Wildman–Crippen MR) is 72.7 cm³/mol. The molecule has 0 unspecified atom stereocenters. The van der Waals surface area contributed by atoms with Crippen LogP contribution in [0.1, 0.15) is 71.6 Å². The highest BCUT2D eigenvalue weighted by molar-refractivity contribution is 5.68. The van der Waals surface area contributed by atoms with Crippen LogP contribution >= 0.6 is 0 Å². The van der Waals surface area contributed by atoms with E-state index in [-0.39, 0.29) is 12.6 Å². The van der Waals surface area contributed by atoms with Gasteiger partial charge in [-0.3, -0.25) is 4.89 Å². The summed E-state index contributed by atoms with van der Waals surface area (Å²) in [5, 5.41) is 0. The normalized spacial score (nSPS) is 9.67. The topological polar surface area (TPSA) is 35.5 Å². The Morgan fingerprint density at radius 2 is 1.67 bits per heavy atom. The van der Waals surface area contributed by atoms with Gasteiger partial charge in [0.05, 0.1) is 0 Å². The maximum Gasteiger partial charge on any atom is 0.342 e. The molecule has 0 spiro atoms. The quantitative estimate of drug-likeness (QED) is 0.256. The van der Waals surface area contributed by atoms with Crippen molar-refractivity contribution < 1.29 is 14.6 Å². The van der Waals surface area contributed by atoms with Crippen LogP contribution < -0.4 is 0 Å². The van der Waals surface area contributed by atoms with E-state index in [0.29, 0.717) is 6.42 Å². The Morgan fingerprint density at radius 3 is 2.39 bits per heavy atom. The van der Waals surface area contributed by atoms with Crippen molar-refractivity contribution in [2.24, 2.45) is 0 Å². The van der Waals surface area contributed by atoms with E-state index in [1.165, 1.54) is 19.3 Å². The molecule has 0 aromatic carbocycles. The van der Waals surface area contributed by atoms with Gasteiger partial charge in [-0.15, -0.1) is 5.92 Å². The molecule has 0 bridgehead atoms. The number of carbonyl (C=O) groups excluding carboxylic acids is 1. The van der Waals surface area contributed by atoms with Crippen molar-refractivity contribution in [1.29, 1.82) is 0 Å². The summed E-state index contributed by atoms with van der Waals surface area (Å²) in [4.78, 5) is 20.5. The van der Waals surface area contributed by atoms with Crippen LogP contribution in [-0.4, -0.2) is 12.6 Å². The minimum atomic E-state index is -0.298. The highest BCUT2D eigenvalue weighted by atomic mass is 17.2. The molecule has 0 amide bonds. The molecule has 0 aliphatic rings. The molecule has 0 N–H and O–H groups in total. The third-order valence-corrected chi connectivity index (χ3v) is 2.55. The van der Waals surface area contributed by atoms with Gasteiger partial charge < -0.3 is 0 Å². The van der Waals surface area contributed by atoms with Gasteiger partial charge in [0.25, 0.3) is 0 Å². The largest absolute Gasteiger partial charge is 0.342 e. The van der Waals surface area contributed by atoms with Gasteiger partial charge in [0.2, 0.25) is 0 Å². The summed E-state index contributed by atoms with van der Waals surface area (Å²) in [7, 11) is 0. The highest BCUT2D eigenvalue weighted by Gasteiger charge is 2.02. The Hall–Kier alpha value is -1.01. The van der Waals surface area contributed by atoms with Crippen LogP contribution in [0.25, 0.3) is 0 Å². The summed E-state index contributed by atoms with van der Waals surface area (Å²) < 4.78 is 0. The second-order valence-corrected chi connectivity index (χ2v) is 4.34. The van der Waals surface area contributed by atoms with Crippen molar-refractivity contribution in [1.82, 2.24) is 0 Å². The van der Waals surface area contributed by atoms with E-state index in [2.05, 4.69) is 30.6 Å². The molecule has 0 radical (unpaired) electrons. The van der Waals surface area contributed by atoms with E-state index in [9.17, 15) is 4.79 Å². The fraction of sp³-hybridized carbons (Fsp3) is 0.800. The molecule has 0 aliphatic carbocycles. The van der Waals surface area contributed by atoms with Crippen molar-refractivity contribution in [3.8, 4) is 11.8 Å². The van der Waals surface area contributed by atoms with Gasteiger partial charge in [-0.25, -0.2) is 4.79 Å². The third-order valence-electron chi connectivity index (χ3n) is 2.55. The fourth-order valence-electron chi connectivity index (χ4n) is 1.47. The summed E-state index contributed by atoms with van der Waals surface area (Å²) in [6.07, 6.45) is 9.21. The molecule has 0 aromatic rings. The lowest BCUT2D eigenvalue weighted by Gasteiger charge is -1.99. The highest BCUT2D eigenvalue weighted by Crippen LogP contribution is 2.01. The molecule has 0 saturated carbocycles. The number of hydrogen-bond acceptors (Lipinski definition) is 3. The Kier molecular flexibility index (Phi) is 13.3.